The molecular formula is C14H16N4O2S. The number of pyridine rings is 1. The molecule has 110 valence electrons. The van der Waals surface area contributed by atoms with E-state index in [2.05, 4.69) is 4.98 Å². The Morgan fingerprint density at radius 3 is 2.67 bits per heavy atom. The first-order valence-electron chi connectivity index (χ1n) is 6.79. The number of thiophene rings is 1. The Balaban J connectivity index is 1.82. The zero-order chi connectivity index (χ0) is 15.0. The van der Waals surface area contributed by atoms with Crippen molar-refractivity contribution in [1.29, 1.82) is 0 Å². The van der Waals surface area contributed by atoms with Crippen LogP contribution in [-0.2, 0) is 4.79 Å². The monoisotopic (exact) mass is 304 g/mol. The fourth-order valence-corrected chi connectivity index (χ4v) is 3.65. The number of fused-ring (bicyclic) bond motifs is 1. The van der Waals surface area contributed by atoms with Crippen molar-refractivity contribution < 1.29 is 9.59 Å². The molecule has 0 atom stereocenters. The number of nitrogens with zero attached hydrogens (tertiary/aromatic N) is 2. The largest absolute Gasteiger partial charge is 0.397 e. The minimum Gasteiger partial charge on any atom is -0.397 e. The standard InChI is InChI=1S/C14H16N4O2S/c15-10-9-2-1-5-17-13(9)21-11(10)14(20)18-6-3-8(4-7-18)12(16)19/h1-2,5,8H,3-4,6-7,15H2,(H2,16,19). The van der Waals surface area contributed by atoms with Crippen molar-refractivity contribution in [2.45, 2.75) is 12.8 Å². The van der Waals surface area contributed by atoms with Crippen LogP contribution in [0, 0.1) is 5.92 Å². The molecule has 2 amide bonds. The molecule has 0 aromatic carbocycles. The number of piperidine rings is 1. The second-order valence-corrected chi connectivity index (χ2v) is 6.17. The fraction of sp³-hybridized carbons (Fsp3) is 0.357. The Morgan fingerprint density at radius 2 is 2.05 bits per heavy atom. The lowest BCUT2D eigenvalue weighted by Crippen LogP contribution is -2.41. The molecule has 2 aromatic rings. The Labute approximate surface area is 125 Å². The number of amides is 2. The van der Waals surface area contributed by atoms with Gasteiger partial charge in [-0.25, -0.2) is 4.98 Å². The first-order chi connectivity index (χ1) is 10.1. The van der Waals surface area contributed by atoms with Gasteiger partial charge < -0.3 is 16.4 Å². The molecule has 0 saturated carbocycles. The van der Waals surface area contributed by atoms with Gasteiger partial charge in [-0.05, 0) is 25.0 Å². The number of carbonyl (C=O) groups is 2. The number of hydrogen-bond donors (Lipinski definition) is 2. The number of hydrogen-bond acceptors (Lipinski definition) is 5. The van der Waals surface area contributed by atoms with Gasteiger partial charge in [0.15, 0.2) is 0 Å². The number of aromatic nitrogens is 1. The molecule has 21 heavy (non-hydrogen) atoms. The lowest BCUT2D eigenvalue weighted by atomic mass is 9.96. The Bertz CT molecular complexity index is 704. The quantitative estimate of drug-likeness (QED) is 0.870. The summed E-state index contributed by atoms with van der Waals surface area (Å²) in [6.45, 7) is 1.07. The average Bonchev–Trinajstić information content (AvgIpc) is 2.84. The molecular weight excluding hydrogens is 288 g/mol. The van der Waals surface area contributed by atoms with Crippen LogP contribution in [0.25, 0.3) is 10.2 Å². The van der Waals surface area contributed by atoms with Crippen molar-refractivity contribution >= 4 is 39.1 Å². The molecule has 0 aliphatic carbocycles. The van der Waals surface area contributed by atoms with Crippen molar-refractivity contribution in [2.75, 3.05) is 18.8 Å². The van der Waals surface area contributed by atoms with Gasteiger partial charge in [-0.15, -0.1) is 11.3 Å². The second-order valence-electron chi connectivity index (χ2n) is 5.17. The highest BCUT2D eigenvalue weighted by Gasteiger charge is 2.28. The van der Waals surface area contributed by atoms with Crippen LogP contribution >= 0.6 is 11.3 Å². The molecule has 3 rings (SSSR count). The number of carbonyl (C=O) groups excluding carboxylic acids is 2. The fourth-order valence-electron chi connectivity index (χ4n) is 2.62. The minimum absolute atomic E-state index is 0.0848. The van der Waals surface area contributed by atoms with E-state index in [4.69, 9.17) is 11.5 Å². The molecule has 1 aliphatic heterocycles. The summed E-state index contributed by atoms with van der Waals surface area (Å²) in [7, 11) is 0. The van der Waals surface area contributed by atoms with Gasteiger partial charge >= 0.3 is 0 Å². The minimum atomic E-state index is -0.285. The number of nitrogen functional groups attached to an aromatic ring is 1. The van der Waals surface area contributed by atoms with Gasteiger partial charge in [-0.3, -0.25) is 9.59 Å². The van der Waals surface area contributed by atoms with Gasteiger partial charge in [-0.2, -0.15) is 0 Å². The van der Waals surface area contributed by atoms with Crippen LogP contribution in [0.15, 0.2) is 18.3 Å². The summed E-state index contributed by atoms with van der Waals surface area (Å²) in [4.78, 5) is 31.0. The SMILES string of the molecule is NC(=O)C1CCN(C(=O)c2sc3ncccc3c2N)CC1. The first kappa shape index (κ1) is 13.8. The zero-order valence-corrected chi connectivity index (χ0v) is 12.2. The molecule has 1 fully saturated rings. The number of likely N-dealkylation sites (tertiary alicyclic amines) is 1. The summed E-state index contributed by atoms with van der Waals surface area (Å²) in [5, 5.41) is 0.817. The van der Waals surface area contributed by atoms with E-state index >= 15 is 0 Å². The first-order valence-corrected chi connectivity index (χ1v) is 7.61. The van der Waals surface area contributed by atoms with Crippen LogP contribution < -0.4 is 11.5 Å². The van der Waals surface area contributed by atoms with Crippen molar-refractivity contribution in [3.8, 4) is 0 Å². The van der Waals surface area contributed by atoms with E-state index in [0.29, 0.717) is 36.5 Å². The molecule has 0 spiro atoms. The van der Waals surface area contributed by atoms with E-state index < -0.39 is 0 Å². The molecule has 1 saturated heterocycles. The van der Waals surface area contributed by atoms with E-state index in [-0.39, 0.29) is 17.7 Å². The summed E-state index contributed by atoms with van der Waals surface area (Å²) in [5.74, 6) is -0.499. The Hall–Kier alpha value is -2.15. The maximum absolute atomic E-state index is 12.6. The van der Waals surface area contributed by atoms with E-state index in [9.17, 15) is 9.59 Å². The van der Waals surface area contributed by atoms with Gasteiger partial charge in [0.1, 0.15) is 9.71 Å². The maximum atomic E-state index is 12.6. The average molecular weight is 304 g/mol. The molecule has 2 aromatic heterocycles. The summed E-state index contributed by atoms with van der Waals surface area (Å²) in [6.07, 6.45) is 2.92. The van der Waals surface area contributed by atoms with Crippen LogP contribution in [0.3, 0.4) is 0 Å². The maximum Gasteiger partial charge on any atom is 0.266 e. The Morgan fingerprint density at radius 1 is 1.33 bits per heavy atom. The zero-order valence-electron chi connectivity index (χ0n) is 11.4. The number of rotatable bonds is 2. The molecule has 7 heteroatoms. The third-order valence-electron chi connectivity index (χ3n) is 3.88. The third-order valence-corrected chi connectivity index (χ3v) is 5.00. The van der Waals surface area contributed by atoms with E-state index in [1.165, 1.54) is 11.3 Å². The van der Waals surface area contributed by atoms with Gasteiger partial charge in [0, 0.05) is 30.6 Å². The topological polar surface area (TPSA) is 102 Å². The van der Waals surface area contributed by atoms with Gasteiger partial charge in [0.05, 0.1) is 5.69 Å². The van der Waals surface area contributed by atoms with E-state index in [1.54, 1.807) is 17.2 Å². The number of primary amides is 1. The Kier molecular flexibility index (Phi) is 3.50. The number of nitrogens with two attached hydrogens (primary N) is 2. The van der Waals surface area contributed by atoms with Crippen LogP contribution in [0.4, 0.5) is 5.69 Å². The molecule has 0 bridgehead atoms. The van der Waals surface area contributed by atoms with Crippen LogP contribution in [0.2, 0.25) is 0 Å². The summed E-state index contributed by atoms with van der Waals surface area (Å²) in [6, 6.07) is 3.67. The number of anilines is 1. The second kappa shape index (κ2) is 5.33. The molecule has 3 heterocycles. The lowest BCUT2D eigenvalue weighted by Gasteiger charge is -2.30. The van der Waals surface area contributed by atoms with Crippen LogP contribution in [0.5, 0.6) is 0 Å². The van der Waals surface area contributed by atoms with Crippen LogP contribution in [0.1, 0.15) is 22.5 Å². The summed E-state index contributed by atoms with van der Waals surface area (Å²) in [5.41, 5.74) is 11.9. The normalized spacial score (nSPS) is 16.3. The van der Waals surface area contributed by atoms with E-state index in [0.717, 1.165) is 10.2 Å². The predicted octanol–water partition coefficient (Wildman–Crippen LogP) is 1.22. The third kappa shape index (κ3) is 2.44. The smallest absolute Gasteiger partial charge is 0.266 e. The summed E-state index contributed by atoms with van der Waals surface area (Å²) >= 11 is 1.31. The van der Waals surface area contributed by atoms with Gasteiger partial charge in [0.25, 0.3) is 5.91 Å². The van der Waals surface area contributed by atoms with Gasteiger partial charge in [0.2, 0.25) is 5.91 Å². The highest BCUT2D eigenvalue weighted by atomic mass is 32.1. The van der Waals surface area contributed by atoms with Gasteiger partial charge in [-0.1, -0.05) is 0 Å². The van der Waals surface area contributed by atoms with Crippen molar-refractivity contribution in [1.82, 2.24) is 9.88 Å². The molecule has 0 unspecified atom stereocenters. The van der Waals surface area contributed by atoms with Crippen LogP contribution in [-0.4, -0.2) is 34.8 Å². The highest BCUT2D eigenvalue weighted by Crippen LogP contribution is 2.33. The molecule has 4 N–H and O–H groups in total. The molecule has 6 nitrogen and oxygen atoms in total. The van der Waals surface area contributed by atoms with Crippen molar-refractivity contribution in [2.24, 2.45) is 11.7 Å². The van der Waals surface area contributed by atoms with E-state index in [1.807, 2.05) is 6.07 Å². The highest BCUT2D eigenvalue weighted by molar-refractivity contribution is 7.21. The van der Waals surface area contributed by atoms with Crippen molar-refractivity contribution in [3.05, 3.63) is 23.2 Å². The molecule has 1 aliphatic rings. The summed E-state index contributed by atoms with van der Waals surface area (Å²) < 4.78 is 0. The lowest BCUT2D eigenvalue weighted by molar-refractivity contribution is -0.123. The van der Waals surface area contributed by atoms with Crippen molar-refractivity contribution in [3.63, 3.8) is 0 Å². The molecule has 0 radical (unpaired) electrons. The predicted molar refractivity (Wildman–Crippen MR) is 81.9 cm³/mol.